The second kappa shape index (κ2) is 7.26. The monoisotopic (exact) mass is 391 g/mol. The van der Waals surface area contributed by atoms with Crippen molar-refractivity contribution in [2.45, 2.75) is 25.2 Å². The van der Waals surface area contributed by atoms with Gasteiger partial charge in [-0.2, -0.15) is 0 Å². The van der Waals surface area contributed by atoms with Crippen LogP contribution < -0.4 is 0 Å². The van der Waals surface area contributed by atoms with Crippen LogP contribution in [0.15, 0.2) is 34.2 Å². The molecule has 1 heterocycles. The standard InChI is InChI=1S/C15H16BrCl2NS/c1-11-14(20-10-19-11)6-7-15(8-17,9-18)12-4-2-3-5-13(12)16/h2-5,10H,6-9H2,1H3. The van der Waals surface area contributed by atoms with Crippen molar-refractivity contribution >= 4 is 50.5 Å². The minimum Gasteiger partial charge on any atom is -0.250 e. The molecule has 0 aliphatic rings. The molecule has 0 bridgehead atoms. The SMILES string of the molecule is Cc1ncsc1CCC(CCl)(CCl)c1ccccc1Br. The zero-order valence-electron chi connectivity index (χ0n) is 11.2. The minimum atomic E-state index is -0.209. The van der Waals surface area contributed by atoms with Crippen LogP contribution in [-0.4, -0.2) is 16.7 Å². The molecule has 108 valence electrons. The number of thiazole rings is 1. The second-order valence-corrected chi connectivity index (χ2v) is 7.22. The van der Waals surface area contributed by atoms with Crippen molar-refractivity contribution in [3.63, 3.8) is 0 Å². The van der Waals surface area contributed by atoms with E-state index in [1.54, 1.807) is 11.3 Å². The van der Waals surface area contributed by atoms with Crippen molar-refractivity contribution in [1.29, 1.82) is 0 Å². The van der Waals surface area contributed by atoms with Crippen molar-refractivity contribution in [2.75, 3.05) is 11.8 Å². The van der Waals surface area contributed by atoms with E-state index in [0.29, 0.717) is 11.8 Å². The van der Waals surface area contributed by atoms with Gasteiger partial charge in [-0.1, -0.05) is 34.1 Å². The van der Waals surface area contributed by atoms with Gasteiger partial charge in [-0.05, 0) is 31.4 Å². The Morgan fingerprint density at radius 1 is 1.25 bits per heavy atom. The topological polar surface area (TPSA) is 12.9 Å². The molecule has 0 spiro atoms. The lowest BCUT2D eigenvalue weighted by atomic mass is 9.80. The average Bonchev–Trinajstić information content (AvgIpc) is 2.87. The van der Waals surface area contributed by atoms with Crippen molar-refractivity contribution in [3.05, 3.63) is 50.4 Å². The van der Waals surface area contributed by atoms with Gasteiger partial charge in [0.2, 0.25) is 0 Å². The largest absolute Gasteiger partial charge is 0.250 e. The summed E-state index contributed by atoms with van der Waals surface area (Å²) in [6, 6.07) is 8.19. The van der Waals surface area contributed by atoms with E-state index in [9.17, 15) is 0 Å². The number of aromatic nitrogens is 1. The van der Waals surface area contributed by atoms with Crippen LogP contribution in [-0.2, 0) is 11.8 Å². The third kappa shape index (κ3) is 3.38. The molecule has 20 heavy (non-hydrogen) atoms. The molecular formula is C15H16BrCl2NS. The number of rotatable bonds is 6. The number of hydrogen-bond acceptors (Lipinski definition) is 2. The molecule has 0 amide bonds. The number of alkyl halides is 2. The van der Waals surface area contributed by atoms with Gasteiger partial charge in [0, 0.05) is 26.5 Å². The fourth-order valence-electron chi connectivity index (χ4n) is 2.26. The van der Waals surface area contributed by atoms with Crippen LogP contribution in [0.4, 0.5) is 0 Å². The van der Waals surface area contributed by atoms with Crippen molar-refractivity contribution in [1.82, 2.24) is 4.98 Å². The number of aryl methyl sites for hydroxylation is 2. The van der Waals surface area contributed by atoms with Crippen LogP contribution in [0, 0.1) is 6.92 Å². The number of halogens is 3. The van der Waals surface area contributed by atoms with E-state index in [-0.39, 0.29) is 5.41 Å². The first kappa shape index (κ1) is 16.3. The number of benzene rings is 1. The van der Waals surface area contributed by atoms with Crippen molar-refractivity contribution in [2.24, 2.45) is 0 Å². The van der Waals surface area contributed by atoms with Gasteiger partial charge in [0.15, 0.2) is 0 Å². The molecule has 0 aliphatic carbocycles. The molecule has 0 saturated carbocycles. The highest BCUT2D eigenvalue weighted by Gasteiger charge is 2.32. The maximum absolute atomic E-state index is 6.29. The fourth-order valence-corrected chi connectivity index (χ4v) is 4.59. The zero-order valence-corrected chi connectivity index (χ0v) is 15.1. The summed E-state index contributed by atoms with van der Waals surface area (Å²) >= 11 is 17.9. The lowest BCUT2D eigenvalue weighted by Crippen LogP contribution is -2.31. The van der Waals surface area contributed by atoms with Crippen molar-refractivity contribution in [3.8, 4) is 0 Å². The van der Waals surface area contributed by atoms with Gasteiger partial charge in [-0.3, -0.25) is 0 Å². The number of hydrogen-bond donors (Lipinski definition) is 0. The normalized spacial score (nSPS) is 11.8. The Labute approximate surface area is 142 Å². The maximum Gasteiger partial charge on any atom is 0.0797 e. The van der Waals surface area contributed by atoms with Crippen LogP contribution >= 0.6 is 50.5 Å². The maximum atomic E-state index is 6.29. The molecular weight excluding hydrogens is 377 g/mol. The Balaban J connectivity index is 2.26. The molecule has 1 aromatic heterocycles. The molecule has 1 aromatic carbocycles. The molecule has 0 fully saturated rings. The zero-order chi connectivity index (χ0) is 14.6. The summed E-state index contributed by atoms with van der Waals surface area (Å²) in [4.78, 5) is 5.62. The van der Waals surface area contributed by atoms with Crippen LogP contribution in [0.2, 0.25) is 0 Å². The molecule has 0 saturated heterocycles. The van der Waals surface area contributed by atoms with E-state index < -0.39 is 0 Å². The molecule has 5 heteroatoms. The van der Waals surface area contributed by atoms with E-state index in [1.807, 2.05) is 30.6 Å². The van der Waals surface area contributed by atoms with Gasteiger partial charge >= 0.3 is 0 Å². The molecule has 0 aliphatic heterocycles. The Bertz CT molecular complexity index is 567. The smallest absolute Gasteiger partial charge is 0.0797 e. The molecule has 1 nitrogen and oxygen atoms in total. The van der Waals surface area contributed by atoms with Crippen LogP contribution in [0.1, 0.15) is 22.6 Å². The highest BCUT2D eigenvalue weighted by atomic mass is 79.9. The summed E-state index contributed by atoms with van der Waals surface area (Å²) in [6.07, 6.45) is 1.88. The Hall–Kier alpha value is -0.0900. The van der Waals surface area contributed by atoms with Gasteiger partial charge in [0.25, 0.3) is 0 Å². The second-order valence-electron chi connectivity index (χ2n) is 4.89. The van der Waals surface area contributed by atoms with Gasteiger partial charge < -0.3 is 0 Å². The van der Waals surface area contributed by atoms with E-state index in [2.05, 4.69) is 27.0 Å². The Morgan fingerprint density at radius 2 is 1.95 bits per heavy atom. The van der Waals surface area contributed by atoms with E-state index in [0.717, 1.165) is 23.0 Å². The summed E-state index contributed by atoms with van der Waals surface area (Å²) in [6.45, 7) is 2.05. The quantitative estimate of drug-likeness (QED) is 0.586. The third-order valence-corrected chi connectivity index (χ3v) is 6.34. The number of nitrogens with zero attached hydrogens (tertiary/aromatic N) is 1. The van der Waals surface area contributed by atoms with Gasteiger partial charge in [0.1, 0.15) is 0 Å². The van der Waals surface area contributed by atoms with E-state index in [4.69, 9.17) is 23.2 Å². The first-order valence-electron chi connectivity index (χ1n) is 6.39. The molecule has 0 unspecified atom stereocenters. The van der Waals surface area contributed by atoms with Gasteiger partial charge in [-0.15, -0.1) is 34.5 Å². The predicted molar refractivity (Wildman–Crippen MR) is 92.4 cm³/mol. The van der Waals surface area contributed by atoms with Crippen molar-refractivity contribution < 1.29 is 0 Å². The summed E-state index contributed by atoms with van der Waals surface area (Å²) in [5.41, 5.74) is 3.98. The lowest BCUT2D eigenvalue weighted by Gasteiger charge is -2.31. The fraction of sp³-hybridized carbons (Fsp3) is 0.400. The van der Waals surface area contributed by atoms with Gasteiger partial charge in [-0.25, -0.2) is 4.98 Å². The molecule has 2 aromatic rings. The molecule has 0 N–H and O–H groups in total. The molecule has 0 radical (unpaired) electrons. The van der Waals surface area contributed by atoms with E-state index >= 15 is 0 Å². The summed E-state index contributed by atoms with van der Waals surface area (Å²) in [5.74, 6) is 1.02. The highest BCUT2D eigenvalue weighted by molar-refractivity contribution is 9.10. The first-order chi connectivity index (χ1) is 9.63. The predicted octanol–water partition coefficient (Wildman–Crippen LogP) is 5.56. The third-order valence-electron chi connectivity index (χ3n) is 3.63. The van der Waals surface area contributed by atoms with E-state index in [1.165, 1.54) is 10.4 Å². The van der Waals surface area contributed by atoms with Crippen LogP contribution in [0.25, 0.3) is 0 Å². The summed E-state index contributed by atoms with van der Waals surface area (Å²) < 4.78 is 1.07. The van der Waals surface area contributed by atoms with Crippen LogP contribution in [0.3, 0.4) is 0 Å². The van der Waals surface area contributed by atoms with Gasteiger partial charge in [0.05, 0.1) is 11.2 Å². The Morgan fingerprint density at radius 3 is 2.50 bits per heavy atom. The highest BCUT2D eigenvalue weighted by Crippen LogP contribution is 2.37. The average molecular weight is 393 g/mol. The summed E-state index contributed by atoms with van der Waals surface area (Å²) in [7, 11) is 0. The minimum absolute atomic E-state index is 0.209. The molecule has 2 rings (SSSR count). The lowest BCUT2D eigenvalue weighted by molar-refractivity contribution is 0.491. The summed E-state index contributed by atoms with van der Waals surface area (Å²) in [5, 5.41) is 0. The molecule has 0 atom stereocenters. The first-order valence-corrected chi connectivity index (χ1v) is 9.13. The van der Waals surface area contributed by atoms with Crippen LogP contribution in [0.5, 0.6) is 0 Å². The Kier molecular flexibility index (Phi) is 5.91.